The van der Waals surface area contributed by atoms with Crippen LogP contribution in [0.25, 0.3) is 5.76 Å². The maximum absolute atomic E-state index is 13.2. The summed E-state index contributed by atoms with van der Waals surface area (Å²) in [5, 5.41) is 23.5. The molecule has 1 aliphatic heterocycles. The Kier molecular flexibility index (Phi) is 5.39. The Labute approximate surface area is 182 Å². The number of phenolic OH excluding ortho intramolecular Hbond substituents is 1. The molecule has 8 heteroatoms. The summed E-state index contributed by atoms with van der Waals surface area (Å²) < 4.78 is 10.7. The first-order valence-electron chi connectivity index (χ1n) is 9.33. The Bertz CT molecular complexity index is 1160. The number of phenols is 1. The van der Waals surface area contributed by atoms with Crippen molar-refractivity contribution in [3.05, 3.63) is 76.0 Å². The van der Waals surface area contributed by atoms with Gasteiger partial charge in [-0.3, -0.25) is 14.5 Å². The van der Waals surface area contributed by atoms with Crippen molar-refractivity contribution in [1.29, 1.82) is 0 Å². The van der Waals surface area contributed by atoms with Crippen LogP contribution in [0.15, 0.2) is 65.6 Å². The number of carbonyl (C=O) groups is 2. The maximum atomic E-state index is 13.2. The summed E-state index contributed by atoms with van der Waals surface area (Å²) in [4.78, 5) is 28.1. The minimum atomic E-state index is -0.928. The van der Waals surface area contributed by atoms with E-state index < -0.39 is 23.5 Å². The van der Waals surface area contributed by atoms with Crippen molar-refractivity contribution < 1.29 is 29.3 Å². The van der Waals surface area contributed by atoms with Crippen LogP contribution in [0.3, 0.4) is 0 Å². The van der Waals surface area contributed by atoms with Gasteiger partial charge in [0.15, 0.2) is 0 Å². The van der Waals surface area contributed by atoms with E-state index in [1.165, 1.54) is 36.5 Å². The van der Waals surface area contributed by atoms with E-state index in [1.807, 2.05) is 5.38 Å². The summed E-state index contributed by atoms with van der Waals surface area (Å²) in [7, 11) is 2.87. The Hall–Kier alpha value is -3.78. The lowest BCUT2D eigenvalue weighted by molar-refractivity contribution is -0.132. The Balaban J connectivity index is 2.01. The number of ketones is 1. The third-order valence-electron chi connectivity index (χ3n) is 5.06. The van der Waals surface area contributed by atoms with Gasteiger partial charge in [0.1, 0.15) is 34.6 Å². The Morgan fingerprint density at radius 3 is 2.23 bits per heavy atom. The summed E-state index contributed by atoms with van der Waals surface area (Å²) in [6, 6.07) is 13.8. The molecule has 1 aliphatic rings. The minimum absolute atomic E-state index is 0.112. The van der Waals surface area contributed by atoms with Gasteiger partial charge in [0, 0.05) is 4.88 Å². The van der Waals surface area contributed by atoms with E-state index in [-0.39, 0.29) is 34.1 Å². The van der Waals surface area contributed by atoms with E-state index in [0.717, 1.165) is 0 Å². The summed E-state index contributed by atoms with van der Waals surface area (Å²) in [5.74, 6) is -1.71. The molecular formula is C23H19NO6S. The van der Waals surface area contributed by atoms with Gasteiger partial charge < -0.3 is 19.7 Å². The SMILES string of the molecule is COc1cccc(OC)c1/C(O)=C1\C(=O)C(=O)N(c2ccccc2O)C1c1cccs1. The number of thiophene rings is 1. The highest BCUT2D eigenvalue weighted by Gasteiger charge is 2.48. The molecule has 4 rings (SSSR count). The predicted octanol–water partition coefficient (Wildman–Crippen LogP) is 4.10. The number of hydrogen-bond acceptors (Lipinski definition) is 7. The number of hydrogen-bond donors (Lipinski definition) is 2. The molecule has 1 atom stereocenters. The molecule has 2 aromatic carbocycles. The standard InChI is InChI=1S/C23H19NO6S/c1-29-15-9-5-10-16(30-2)18(15)21(26)19-20(17-11-6-12-31-17)24(23(28)22(19)27)13-7-3-4-8-14(13)25/h3-12,20,25-26H,1-2H3/b21-19+. The van der Waals surface area contributed by atoms with Gasteiger partial charge in [-0.15, -0.1) is 11.3 Å². The molecule has 0 radical (unpaired) electrons. The van der Waals surface area contributed by atoms with Crippen molar-refractivity contribution in [3.63, 3.8) is 0 Å². The average molecular weight is 437 g/mol. The van der Waals surface area contributed by atoms with Crippen molar-refractivity contribution in [2.24, 2.45) is 0 Å². The van der Waals surface area contributed by atoms with Crippen LogP contribution in [0.4, 0.5) is 5.69 Å². The van der Waals surface area contributed by atoms with Crippen molar-refractivity contribution in [3.8, 4) is 17.2 Å². The van der Waals surface area contributed by atoms with Crippen LogP contribution < -0.4 is 14.4 Å². The summed E-state index contributed by atoms with van der Waals surface area (Å²) in [5.41, 5.74) is 0.233. The highest BCUT2D eigenvalue weighted by Crippen LogP contribution is 2.47. The first kappa shape index (κ1) is 20.5. The van der Waals surface area contributed by atoms with Crippen molar-refractivity contribution >= 4 is 34.5 Å². The first-order valence-corrected chi connectivity index (χ1v) is 10.2. The molecule has 1 fully saturated rings. The van der Waals surface area contributed by atoms with Gasteiger partial charge in [0.05, 0.1) is 25.5 Å². The van der Waals surface area contributed by atoms with E-state index in [0.29, 0.717) is 4.88 Å². The van der Waals surface area contributed by atoms with Crippen LogP contribution in [0.5, 0.6) is 17.2 Å². The number of aliphatic hydroxyl groups is 1. The number of anilines is 1. The largest absolute Gasteiger partial charge is 0.506 e. The van der Waals surface area contributed by atoms with Crippen LogP contribution in [0, 0.1) is 0 Å². The van der Waals surface area contributed by atoms with E-state index >= 15 is 0 Å². The number of ether oxygens (including phenoxy) is 2. The topological polar surface area (TPSA) is 96.3 Å². The first-order chi connectivity index (χ1) is 15.0. The van der Waals surface area contributed by atoms with Crippen molar-refractivity contribution in [2.75, 3.05) is 19.1 Å². The Morgan fingerprint density at radius 1 is 0.968 bits per heavy atom. The quantitative estimate of drug-likeness (QED) is 0.354. The number of carbonyl (C=O) groups excluding carboxylic acids is 2. The second kappa shape index (κ2) is 8.16. The molecule has 158 valence electrons. The third kappa shape index (κ3) is 3.30. The number of aromatic hydroxyl groups is 1. The zero-order valence-corrected chi connectivity index (χ0v) is 17.6. The fraction of sp³-hybridized carbons (Fsp3) is 0.130. The van der Waals surface area contributed by atoms with Gasteiger partial charge >= 0.3 is 0 Å². The molecule has 0 saturated carbocycles. The lowest BCUT2D eigenvalue weighted by atomic mass is 9.98. The molecule has 31 heavy (non-hydrogen) atoms. The van der Waals surface area contributed by atoms with Crippen molar-refractivity contribution in [2.45, 2.75) is 6.04 Å². The van der Waals surface area contributed by atoms with E-state index in [4.69, 9.17) is 9.47 Å². The van der Waals surface area contributed by atoms with Crippen molar-refractivity contribution in [1.82, 2.24) is 0 Å². The number of aliphatic hydroxyl groups excluding tert-OH is 1. The number of benzene rings is 2. The highest BCUT2D eigenvalue weighted by molar-refractivity contribution is 7.10. The van der Waals surface area contributed by atoms with E-state index in [9.17, 15) is 19.8 Å². The second-order valence-corrected chi connectivity index (χ2v) is 7.69. The number of methoxy groups -OCH3 is 2. The molecule has 2 heterocycles. The zero-order chi connectivity index (χ0) is 22.1. The van der Waals surface area contributed by atoms with Gasteiger partial charge in [-0.2, -0.15) is 0 Å². The number of rotatable bonds is 5. The Morgan fingerprint density at radius 2 is 1.65 bits per heavy atom. The summed E-state index contributed by atoms with van der Waals surface area (Å²) in [6.45, 7) is 0. The lowest BCUT2D eigenvalue weighted by Gasteiger charge is -2.25. The molecule has 1 amide bonds. The normalized spacial score (nSPS) is 17.7. The lowest BCUT2D eigenvalue weighted by Crippen LogP contribution is -2.29. The fourth-order valence-corrected chi connectivity index (χ4v) is 4.51. The average Bonchev–Trinajstić information content (AvgIpc) is 3.40. The van der Waals surface area contributed by atoms with Gasteiger partial charge in [0.2, 0.25) is 0 Å². The zero-order valence-electron chi connectivity index (χ0n) is 16.7. The van der Waals surface area contributed by atoms with Crippen LogP contribution in [0.1, 0.15) is 16.5 Å². The fourth-order valence-electron chi connectivity index (χ4n) is 3.68. The van der Waals surface area contributed by atoms with Gasteiger partial charge in [-0.25, -0.2) is 0 Å². The number of amides is 1. The maximum Gasteiger partial charge on any atom is 0.300 e. The molecule has 1 aromatic heterocycles. The molecule has 0 spiro atoms. The van der Waals surface area contributed by atoms with Gasteiger partial charge in [-0.05, 0) is 35.7 Å². The molecule has 3 aromatic rings. The van der Waals surface area contributed by atoms with Crippen LogP contribution >= 0.6 is 11.3 Å². The van der Waals surface area contributed by atoms with Crippen LogP contribution in [-0.4, -0.2) is 36.1 Å². The van der Waals surface area contributed by atoms with Crippen LogP contribution in [-0.2, 0) is 9.59 Å². The molecule has 0 aliphatic carbocycles. The molecule has 0 bridgehead atoms. The smallest absolute Gasteiger partial charge is 0.300 e. The molecule has 1 saturated heterocycles. The third-order valence-corrected chi connectivity index (χ3v) is 5.99. The summed E-state index contributed by atoms with van der Waals surface area (Å²) in [6.07, 6.45) is 0. The molecular weight excluding hydrogens is 418 g/mol. The van der Waals surface area contributed by atoms with Gasteiger partial charge in [-0.1, -0.05) is 24.3 Å². The summed E-state index contributed by atoms with van der Waals surface area (Å²) >= 11 is 1.33. The minimum Gasteiger partial charge on any atom is -0.506 e. The van der Waals surface area contributed by atoms with E-state index in [2.05, 4.69) is 0 Å². The second-order valence-electron chi connectivity index (χ2n) is 6.71. The number of Topliss-reactive ketones (excluding diaryl/α,β-unsaturated/α-hetero) is 1. The number of para-hydroxylation sites is 2. The van der Waals surface area contributed by atoms with Crippen LogP contribution in [0.2, 0.25) is 0 Å². The highest BCUT2D eigenvalue weighted by atomic mass is 32.1. The molecule has 2 N–H and O–H groups in total. The van der Waals surface area contributed by atoms with Gasteiger partial charge in [0.25, 0.3) is 11.7 Å². The predicted molar refractivity (Wildman–Crippen MR) is 117 cm³/mol. The molecule has 7 nitrogen and oxygen atoms in total. The number of nitrogens with zero attached hydrogens (tertiary/aromatic N) is 1. The van der Waals surface area contributed by atoms with E-state index in [1.54, 1.807) is 48.5 Å². The molecule has 1 unspecified atom stereocenters. The monoisotopic (exact) mass is 437 g/mol.